The van der Waals surface area contributed by atoms with Crippen molar-refractivity contribution in [3.8, 4) is 0 Å². The van der Waals surface area contributed by atoms with Crippen LogP contribution in [0.3, 0.4) is 0 Å². The fraction of sp³-hybridized carbons (Fsp3) is 0.667. The van der Waals surface area contributed by atoms with Crippen LogP contribution in [0.4, 0.5) is 0 Å². The molecule has 0 aromatic rings. The number of thioether (sulfide) groups is 1. The Morgan fingerprint density at radius 2 is 2.69 bits per heavy atom. The van der Waals surface area contributed by atoms with Crippen molar-refractivity contribution in [1.82, 2.24) is 8.86 Å². The minimum absolute atomic E-state index is 0.00918. The van der Waals surface area contributed by atoms with Gasteiger partial charge in [0.15, 0.2) is 0 Å². The van der Waals surface area contributed by atoms with Crippen LogP contribution in [0.15, 0.2) is 0 Å². The first-order chi connectivity index (χ1) is 6.19. The summed E-state index contributed by atoms with van der Waals surface area (Å²) in [5.74, 6) is 0.735. The van der Waals surface area contributed by atoms with Gasteiger partial charge in [0.2, 0.25) is 0 Å². The van der Waals surface area contributed by atoms with E-state index in [-0.39, 0.29) is 11.9 Å². The molecule has 1 amide bonds. The van der Waals surface area contributed by atoms with Gasteiger partial charge in [0.25, 0.3) is 0 Å². The molecule has 2 N–H and O–H groups in total. The number of carbonyl (C=O) groups is 1. The van der Waals surface area contributed by atoms with Gasteiger partial charge < -0.3 is 0 Å². The van der Waals surface area contributed by atoms with Gasteiger partial charge in [0.05, 0.1) is 0 Å². The van der Waals surface area contributed by atoms with Crippen molar-refractivity contribution < 1.29 is 9.53 Å². The topological polar surface area (TPSA) is 50.4 Å². The van der Waals surface area contributed by atoms with Crippen molar-refractivity contribution in [2.45, 2.75) is 12.1 Å². The molecule has 0 saturated carbocycles. The summed E-state index contributed by atoms with van der Waals surface area (Å²) < 4.78 is 8.53. The van der Waals surface area contributed by atoms with Gasteiger partial charge in [-0.25, -0.2) is 0 Å². The van der Waals surface area contributed by atoms with E-state index in [2.05, 4.69) is 8.86 Å². The minimum atomic E-state index is -0.428. The normalized spacial score (nSPS) is 23.8. The number of hydrogen-bond donors (Lipinski definition) is 2. The second kappa shape index (κ2) is 5.37. The van der Waals surface area contributed by atoms with Crippen molar-refractivity contribution in [2.75, 3.05) is 12.9 Å². The Morgan fingerprint density at radius 3 is 3.08 bits per heavy atom. The van der Waals surface area contributed by atoms with Crippen LogP contribution in [-0.2, 0) is 9.53 Å². The van der Waals surface area contributed by atoms with E-state index in [1.807, 2.05) is 0 Å². The Kier molecular flexibility index (Phi) is 4.77. The van der Waals surface area contributed by atoms with E-state index in [0.29, 0.717) is 22.8 Å². The fourth-order valence-corrected chi connectivity index (χ4v) is 2.75. The zero-order chi connectivity index (χ0) is 9.84. The summed E-state index contributed by atoms with van der Waals surface area (Å²) in [5.41, 5.74) is 0. The molecule has 0 aromatic heterocycles. The number of amides is 1. The Hall–Kier alpha value is 0.469. The summed E-state index contributed by atoms with van der Waals surface area (Å²) >= 11 is 7.21. The van der Waals surface area contributed by atoms with Gasteiger partial charge >= 0.3 is 100 Å². The maximum absolute atomic E-state index is 11.3. The van der Waals surface area contributed by atoms with Crippen LogP contribution >= 0.6 is 24.0 Å². The second-order valence-electron chi connectivity index (χ2n) is 2.51. The van der Waals surface area contributed by atoms with Crippen molar-refractivity contribution >= 4 is 57.0 Å². The SMILES string of the molecule is COC(C(=O)[NH][SnH])C1CSC(=S)N1. The molecule has 13 heavy (non-hydrogen) atoms. The van der Waals surface area contributed by atoms with Crippen LogP contribution in [-0.4, -0.2) is 58.0 Å². The molecule has 7 heteroatoms. The first-order valence-corrected chi connectivity index (χ1v) is 6.69. The summed E-state index contributed by atoms with van der Waals surface area (Å²) in [6.07, 6.45) is -0.428. The van der Waals surface area contributed by atoms with E-state index in [1.165, 1.54) is 7.11 Å². The Balaban J connectivity index is 2.56. The fourth-order valence-electron chi connectivity index (χ4n) is 1.10. The van der Waals surface area contributed by atoms with Gasteiger partial charge in [-0.1, -0.05) is 0 Å². The molecule has 0 bridgehead atoms. The number of hydrogen-bond acceptors (Lipinski definition) is 4. The molecule has 1 aliphatic heterocycles. The molecule has 2 unspecified atom stereocenters. The summed E-state index contributed by atoms with van der Waals surface area (Å²) in [5, 5.41) is 3.04. The van der Waals surface area contributed by atoms with Crippen molar-refractivity contribution in [2.24, 2.45) is 0 Å². The van der Waals surface area contributed by atoms with Crippen LogP contribution in [0, 0.1) is 0 Å². The zero-order valence-corrected chi connectivity index (χ0v) is 12.0. The Labute approximate surface area is 100.0 Å². The van der Waals surface area contributed by atoms with Gasteiger partial charge in [0, 0.05) is 0 Å². The Morgan fingerprint density at radius 1 is 2.00 bits per heavy atom. The predicted octanol–water partition coefficient (Wildman–Crippen LogP) is -1.08. The Bertz CT molecular complexity index is 227. The zero-order valence-electron chi connectivity index (χ0n) is 7.07. The van der Waals surface area contributed by atoms with Crippen LogP contribution < -0.4 is 8.86 Å². The monoisotopic (exact) mass is 326 g/mol. The van der Waals surface area contributed by atoms with Crippen molar-refractivity contribution in [3.05, 3.63) is 0 Å². The van der Waals surface area contributed by atoms with Gasteiger partial charge in [-0.3, -0.25) is 0 Å². The third kappa shape index (κ3) is 2.96. The van der Waals surface area contributed by atoms with E-state index in [9.17, 15) is 4.79 Å². The number of thiocarbonyl (C=S) groups is 1. The van der Waals surface area contributed by atoms with Gasteiger partial charge in [-0.05, 0) is 0 Å². The molecule has 0 aromatic carbocycles. The third-order valence-electron chi connectivity index (χ3n) is 1.72. The molecule has 1 fully saturated rings. The standard InChI is InChI=1S/C6H10N2O2S2.Sn.H/c1-10-4(5(7)9)3-2-12-6(11)8-3;;/h3-4H,2H2,1H3,(H3,7,8,9,11);;/q;+1;/p-1. The van der Waals surface area contributed by atoms with E-state index in [0.717, 1.165) is 10.1 Å². The molecule has 0 spiro atoms. The second-order valence-corrected chi connectivity index (χ2v) is 5.04. The first kappa shape index (κ1) is 11.5. The summed E-state index contributed by atoms with van der Waals surface area (Å²) in [6.45, 7) is 0. The van der Waals surface area contributed by atoms with E-state index < -0.39 is 6.10 Å². The number of rotatable bonds is 3. The average Bonchev–Trinajstić information content (AvgIpc) is 2.53. The molecule has 1 heterocycles. The first-order valence-electron chi connectivity index (χ1n) is 3.65. The summed E-state index contributed by atoms with van der Waals surface area (Å²) in [6, 6.07) is 0.00918. The molecule has 2 atom stereocenters. The van der Waals surface area contributed by atoms with Crippen molar-refractivity contribution in [1.29, 1.82) is 0 Å². The maximum atomic E-state index is 11.3. The number of methoxy groups -OCH3 is 1. The molecule has 4 nitrogen and oxygen atoms in total. The van der Waals surface area contributed by atoms with E-state index in [4.69, 9.17) is 17.0 Å². The van der Waals surface area contributed by atoms with Gasteiger partial charge in [-0.15, -0.1) is 0 Å². The van der Waals surface area contributed by atoms with Crippen LogP contribution in [0.2, 0.25) is 0 Å². The molecule has 1 rings (SSSR count). The summed E-state index contributed by atoms with van der Waals surface area (Å²) in [7, 11) is 1.54. The quantitative estimate of drug-likeness (QED) is 0.511. The number of carbonyl (C=O) groups excluding carboxylic acids is 1. The number of nitrogens with one attached hydrogen (secondary N) is 2. The van der Waals surface area contributed by atoms with Crippen LogP contribution in [0.1, 0.15) is 0 Å². The molecule has 72 valence electrons. The molecular weight excluding hydrogens is 315 g/mol. The van der Waals surface area contributed by atoms with Gasteiger partial charge in [0.1, 0.15) is 0 Å². The van der Waals surface area contributed by atoms with Crippen molar-refractivity contribution in [3.63, 3.8) is 0 Å². The van der Waals surface area contributed by atoms with E-state index in [1.54, 1.807) is 11.8 Å². The van der Waals surface area contributed by atoms with Gasteiger partial charge in [-0.2, -0.15) is 0 Å². The third-order valence-corrected chi connectivity index (χ3v) is 3.91. The van der Waals surface area contributed by atoms with Crippen LogP contribution in [0.5, 0.6) is 0 Å². The predicted molar refractivity (Wildman–Crippen MR) is 58.1 cm³/mol. The van der Waals surface area contributed by atoms with Crippen LogP contribution in [0.25, 0.3) is 0 Å². The molecule has 1 saturated heterocycles. The molecular formula is C6H10N2O2S2Sn. The summed E-state index contributed by atoms with van der Waals surface area (Å²) in [4.78, 5) is 11.3. The number of ether oxygens (including phenoxy) is 1. The molecule has 0 aliphatic carbocycles. The average molecular weight is 325 g/mol. The molecule has 2 radical (unpaired) electrons. The molecule has 1 aliphatic rings. The van der Waals surface area contributed by atoms with E-state index >= 15 is 0 Å².